The molecule has 0 unspecified atom stereocenters. The van der Waals surface area contributed by atoms with Gasteiger partial charge in [0.05, 0.1) is 12.1 Å². The Labute approximate surface area is 106 Å². The predicted molar refractivity (Wildman–Crippen MR) is 67.7 cm³/mol. The molecule has 2 heterocycles. The van der Waals surface area contributed by atoms with E-state index in [0.717, 1.165) is 19.5 Å². The molecule has 0 radical (unpaired) electrons. The lowest BCUT2D eigenvalue weighted by atomic mass is 9.73. The number of nitrogens with zero attached hydrogens (tertiary/aromatic N) is 2. The Morgan fingerprint density at radius 3 is 2.88 bits per heavy atom. The third-order valence-corrected chi connectivity index (χ3v) is 4.91. The first-order valence-corrected chi connectivity index (χ1v) is 7.31. The largest absolute Gasteiger partial charge is 0.337 e. The molecule has 17 heavy (non-hydrogen) atoms. The second-order valence-electron chi connectivity index (χ2n) is 5.45. The molecule has 92 valence electrons. The third-order valence-electron chi connectivity index (χ3n) is 4.15. The van der Waals surface area contributed by atoms with Crippen molar-refractivity contribution >= 4 is 17.2 Å². The summed E-state index contributed by atoms with van der Waals surface area (Å²) in [4.78, 5) is 19.4. The van der Waals surface area contributed by atoms with E-state index in [0.29, 0.717) is 11.3 Å². The van der Waals surface area contributed by atoms with Gasteiger partial charge in [-0.3, -0.25) is 9.78 Å². The van der Waals surface area contributed by atoms with Gasteiger partial charge < -0.3 is 4.90 Å². The molecule has 2 fully saturated rings. The van der Waals surface area contributed by atoms with Crippen LogP contribution in [0.2, 0.25) is 0 Å². The molecular weight excluding hydrogens is 232 g/mol. The number of carbonyl (C=O) groups excluding carboxylic acids is 1. The highest BCUT2D eigenvalue weighted by atomic mass is 32.1. The van der Waals surface area contributed by atoms with E-state index >= 15 is 0 Å². The van der Waals surface area contributed by atoms with Crippen LogP contribution in [-0.2, 0) is 11.3 Å². The van der Waals surface area contributed by atoms with E-state index in [1.165, 1.54) is 37.0 Å². The van der Waals surface area contributed by atoms with Crippen molar-refractivity contribution in [3.63, 3.8) is 0 Å². The number of hydrogen-bond acceptors (Lipinski definition) is 3. The van der Waals surface area contributed by atoms with Gasteiger partial charge in [0, 0.05) is 24.0 Å². The zero-order valence-corrected chi connectivity index (χ0v) is 10.8. The van der Waals surface area contributed by atoms with E-state index in [2.05, 4.69) is 4.98 Å². The topological polar surface area (TPSA) is 33.2 Å². The average Bonchev–Trinajstić information content (AvgIpc) is 2.91. The summed E-state index contributed by atoms with van der Waals surface area (Å²) in [6.45, 7) is 1.75. The molecule has 0 bridgehead atoms. The molecule has 0 N–H and O–H groups in total. The van der Waals surface area contributed by atoms with Crippen LogP contribution in [0.3, 0.4) is 0 Å². The summed E-state index contributed by atoms with van der Waals surface area (Å²) in [7, 11) is 0. The van der Waals surface area contributed by atoms with Crippen molar-refractivity contribution < 1.29 is 4.79 Å². The predicted octanol–water partition coefficient (Wildman–Crippen LogP) is 2.83. The fourth-order valence-corrected chi connectivity index (χ4v) is 3.88. The molecular formula is C13H18N2OS. The van der Waals surface area contributed by atoms with Crippen molar-refractivity contribution in [2.24, 2.45) is 5.41 Å². The zero-order chi connectivity index (χ0) is 11.7. The lowest BCUT2D eigenvalue weighted by Crippen LogP contribution is -2.29. The van der Waals surface area contributed by atoms with Crippen molar-refractivity contribution in [1.29, 1.82) is 0 Å². The molecule has 0 atom stereocenters. The number of rotatable bonds is 2. The minimum absolute atomic E-state index is 0.319. The molecule has 4 heteroatoms. The number of aromatic nitrogens is 1. The molecule has 1 saturated heterocycles. The smallest absolute Gasteiger partial charge is 0.223 e. The normalized spacial score (nSPS) is 23.5. The van der Waals surface area contributed by atoms with E-state index in [9.17, 15) is 4.79 Å². The molecule has 3 rings (SSSR count). The van der Waals surface area contributed by atoms with Gasteiger partial charge in [-0.15, -0.1) is 11.3 Å². The van der Waals surface area contributed by atoms with Gasteiger partial charge in [0.25, 0.3) is 0 Å². The Kier molecular flexibility index (Phi) is 2.90. The lowest BCUT2D eigenvalue weighted by molar-refractivity contribution is -0.128. The van der Waals surface area contributed by atoms with Crippen molar-refractivity contribution in [3.05, 3.63) is 16.6 Å². The molecule has 1 saturated carbocycles. The van der Waals surface area contributed by atoms with E-state index in [-0.39, 0.29) is 0 Å². The number of thiazole rings is 1. The Morgan fingerprint density at radius 1 is 1.35 bits per heavy atom. The highest BCUT2D eigenvalue weighted by molar-refractivity contribution is 7.09. The second kappa shape index (κ2) is 4.41. The Bertz CT molecular complexity index is 396. The SMILES string of the molecule is O=C1CC2(CCCCC2)CN1Cc1cncs1. The van der Waals surface area contributed by atoms with Gasteiger partial charge in [-0.25, -0.2) is 0 Å². The van der Waals surface area contributed by atoms with Gasteiger partial charge >= 0.3 is 0 Å². The monoisotopic (exact) mass is 250 g/mol. The Morgan fingerprint density at radius 2 is 2.18 bits per heavy atom. The fourth-order valence-electron chi connectivity index (χ4n) is 3.27. The lowest BCUT2D eigenvalue weighted by Gasteiger charge is -2.32. The van der Waals surface area contributed by atoms with Crippen molar-refractivity contribution in [2.45, 2.75) is 45.1 Å². The van der Waals surface area contributed by atoms with Crippen LogP contribution < -0.4 is 0 Å². The second-order valence-corrected chi connectivity index (χ2v) is 6.43. The van der Waals surface area contributed by atoms with E-state index in [1.807, 2.05) is 16.6 Å². The molecule has 2 aliphatic rings. The van der Waals surface area contributed by atoms with Crippen LogP contribution >= 0.6 is 11.3 Å². The number of hydrogen-bond donors (Lipinski definition) is 0. The number of likely N-dealkylation sites (tertiary alicyclic amines) is 1. The van der Waals surface area contributed by atoms with E-state index < -0.39 is 0 Å². The Balaban J connectivity index is 1.69. The van der Waals surface area contributed by atoms with Crippen LogP contribution in [0.25, 0.3) is 0 Å². The summed E-state index contributed by atoms with van der Waals surface area (Å²) in [5, 5.41) is 0. The number of carbonyl (C=O) groups is 1. The quantitative estimate of drug-likeness (QED) is 0.808. The highest BCUT2D eigenvalue weighted by Crippen LogP contribution is 2.44. The highest BCUT2D eigenvalue weighted by Gasteiger charge is 2.43. The summed E-state index contributed by atoms with van der Waals surface area (Å²) in [6.07, 6.45) is 9.12. The van der Waals surface area contributed by atoms with Gasteiger partial charge in [0.2, 0.25) is 5.91 Å². The molecule has 1 aliphatic carbocycles. The number of amides is 1. The van der Waals surface area contributed by atoms with Crippen LogP contribution in [0.4, 0.5) is 0 Å². The minimum atomic E-state index is 0.319. The van der Waals surface area contributed by atoms with Gasteiger partial charge in [-0.2, -0.15) is 0 Å². The molecule has 1 aromatic rings. The van der Waals surface area contributed by atoms with E-state index in [4.69, 9.17) is 0 Å². The zero-order valence-electron chi connectivity index (χ0n) is 10.0. The maximum Gasteiger partial charge on any atom is 0.223 e. The Hall–Kier alpha value is -0.900. The first kappa shape index (κ1) is 11.2. The standard InChI is InChI=1S/C13H18N2OS/c16-12-6-13(4-2-1-3-5-13)9-15(12)8-11-7-14-10-17-11/h7,10H,1-6,8-9H2. The van der Waals surface area contributed by atoms with Crippen LogP contribution in [0.15, 0.2) is 11.7 Å². The molecule has 1 spiro atoms. The third kappa shape index (κ3) is 2.23. The van der Waals surface area contributed by atoms with E-state index in [1.54, 1.807) is 11.3 Å². The minimum Gasteiger partial charge on any atom is -0.337 e. The van der Waals surface area contributed by atoms with Gasteiger partial charge in [0.15, 0.2) is 0 Å². The average molecular weight is 250 g/mol. The summed E-state index contributed by atoms with van der Waals surface area (Å²) < 4.78 is 0. The maximum absolute atomic E-state index is 12.1. The van der Waals surface area contributed by atoms with Crippen molar-refractivity contribution in [3.8, 4) is 0 Å². The fraction of sp³-hybridized carbons (Fsp3) is 0.692. The molecule has 1 amide bonds. The first-order valence-electron chi connectivity index (χ1n) is 6.43. The van der Waals surface area contributed by atoms with Crippen LogP contribution in [0, 0.1) is 5.41 Å². The maximum atomic E-state index is 12.1. The molecule has 1 aliphatic heterocycles. The molecule has 1 aromatic heterocycles. The summed E-state index contributed by atoms with van der Waals surface area (Å²) in [5.74, 6) is 0.348. The van der Waals surface area contributed by atoms with Crippen molar-refractivity contribution in [2.75, 3.05) is 6.54 Å². The molecule has 3 nitrogen and oxygen atoms in total. The van der Waals surface area contributed by atoms with Gasteiger partial charge in [-0.05, 0) is 18.3 Å². The first-order chi connectivity index (χ1) is 8.27. The summed E-state index contributed by atoms with van der Waals surface area (Å²) in [5.41, 5.74) is 2.16. The van der Waals surface area contributed by atoms with Crippen LogP contribution in [0.1, 0.15) is 43.4 Å². The van der Waals surface area contributed by atoms with Gasteiger partial charge in [-0.1, -0.05) is 19.3 Å². The molecule has 0 aromatic carbocycles. The van der Waals surface area contributed by atoms with Crippen molar-refractivity contribution in [1.82, 2.24) is 9.88 Å². The summed E-state index contributed by atoms with van der Waals surface area (Å²) >= 11 is 1.64. The van der Waals surface area contributed by atoms with Gasteiger partial charge in [0.1, 0.15) is 0 Å². The summed E-state index contributed by atoms with van der Waals surface area (Å²) in [6, 6.07) is 0. The van der Waals surface area contributed by atoms with Crippen LogP contribution in [0.5, 0.6) is 0 Å². The van der Waals surface area contributed by atoms with Crippen LogP contribution in [-0.4, -0.2) is 22.3 Å².